The van der Waals surface area contributed by atoms with Crippen LogP contribution < -0.4 is 10.5 Å². The predicted octanol–water partition coefficient (Wildman–Crippen LogP) is 2.90. The largest absolute Gasteiger partial charge is 0.488 e. The van der Waals surface area contributed by atoms with Crippen molar-refractivity contribution in [2.45, 2.75) is 31.5 Å². The van der Waals surface area contributed by atoms with E-state index in [0.717, 1.165) is 16.9 Å². The maximum absolute atomic E-state index is 12.3. The number of nitrogens with two attached hydrogens (primary N) is 1. The smallest absolute Gasteiger partial charge is 0.389 e. The Kier molecular flexibility index (Phi) is 4.21. The van der Waals surface area contributed by atoms with E-state index in [0.29, 0.717) is 24.5 Å². The SMILES string of the molecule is NC[C@@H]1Cc2cc(-c3nccc(CCC(F)(F)F)n3)ccc2O1. The van der Waals surface area contributed by atoms with E-state index in [1.807, 2.05) is 12.1 Å². The van der Waals surface area contributed by atoms with Crippen LogP contribution in [0.1, 0.15) is 17.7 Å². The average Bonchev–Trinajstić information content (AvgIpc) is 2.95. The van der Waals surface area contributed by atoms with Crippen LogP contribution in [0.4, 0.5) is 13.2 Å². The summed E-state index contributed by atoms with van der Waals surface area (Å²) in [6, 6.07) is 7.05. The molecule has 0 saturated heterocycles. The number of aromatic nitrogens is 2. The molecule has 0 saturated carbocycles. The Morgan fingerprint density at radius 2 is 2.09 bits per heavy atom. The van der Waals surface area contributed by atoms with Crippen LogP contribution in [-0.2, 0) is 12.8 Å². The van der Waals surface area contributed by atoms with Gasteiger partial charge in [0.25, 0.3) is 0 Å². The molecule has 2 N–H and O–H groups in total. The summed E-state index contributed by atoms with van der Waals surface area (Å²) in [6.07, 6.45) is -3.05. The molecule has 0 radical (unpaired) electrons. The molecule has 0 fully saturated rings. The van der Waals surface area contributed by atoms with Gasteiger partial charge in [-0.15, -0.1) is 0 Å². The van der Waals surface area contributed by atoms with Gasteiger partial charge in [0.15, 0.2) is 5.82 Å². The number of fused-ring (bicyclic) bond motifs is 1. The number of aryl methyl sites for hydroxylation is 1. The molecule has 122 valence electrons. The van der Waals surface area contributed by atoms with Crippen LogP contribution in [0.5, 0.6) is 5.75 Å². The maximum atomic E-state index is 12.3. The zero-order valence-electron chi connectivity index (χ0n) is 12.3. The van der Waals surface area contributed by atoms with E-state index < -0.39 is 12.6 Å². The molecule has 4 nitrogen and oxygen atoms in total. The molecule has 0 spiro atoms. The van der Waals surface area contributed by atoms with Crippen LogP contribution in [0, 0.1) is 0 Å². The summed E-state index contributed by atoms with van der Waals surface area (Å²) in [5.74, 6) is 1.21. The molecule has 0 unspecified atom stereocenters. The standard InChI is InChI=1S/C16H16F3N3O/c17-16(18,19)5-3-12-4-6-21-15(22-12)10-1-2-14-11(7-10)8-13(9-20)23-14/h1-2,4,6-7,13H,3,5,8-9,20H2/t13-/m0/s1. The highest BCUT2D eigenvalue weighted by atomic mass is 19.4. The fourth-order valence-electron chi connectivity index (χ4n) is 2.54. The molecule has 23 heavy (non-hydrogen) atoms. The highest BCUT2D eigenvalue weighted by molar-refractivity contribution is 5.59. The topological polar surface area (TPSA) is 61.0 Å². The van der Waals surface area contributed by atoms with Crippen LogP contribution in [0.3, 0.4) is 0 Å². The number of ether oxygens (including phenoxy) is 1. The van der Waals surface area contributed by atoms with E-state index in [4.69, 9.17) is 10.5 Å². The van der Waals surface area contributed by atoms with Crippen molar-refractivity contribution in [3.05, 3.63) is 41.7 Å². The van der Waals surface area contributed by atoms with Crippen molar-refractivity contribution in [1.82, 2.24) is 9.97 Å². The molecular formula is C16H16F3N3O. The molecule has 0 amide bonds. The monoisotopic (exact) mass is 323 g/mol. The molecule has 1 aliphatic heterocycles. The molecule has 0 aliphatic carbocycles. The lowest BCUT2D eigenvalue weighted by molar-refractivity contribution is -0.134. The maximum Gasteiger partial charge on any atom is 0.389 e. The van der Waals surface area contributed by atoms with Crippen LogP contribution in [0.2, 0.25) is 0 Å². The number of rotatable bonds is 4. The Morgan fingerprint density at radius 1 is 1.26 bits per heavy atom. The van der Waals surface area contributed by atoms with Gasteiger partial charge >= 0.3 is 6.18 Å². The lowest BCUT2D eigenvalue weighted by atomic mass is 10.1. The lowest BCUT2D eigenvalue weighted by Gasteiger charge is -2.07. The predicted molar refractivity (Wildman–Crippen MR) is 79.0 cm³/mol. The van der Waals surface area contributed by atoms with Crippen molar-refractivity contribution in [2.75, 3.05) is 6.54 Å². The minimum absolute atomic E-state index is 0.0284. The molecule has 1 aromatic heterocycles. The molecule has 0 bridgehead atoms. The first kappa shape index (κ1) is 15.7. The van der Waals surface area contributed by atoms with Gasteiger partial charge in [-0.3, -0.25) is 0 Å². The molecule has 1 aromatic carbocycles. The van der Waals surface area contributed by atoms with Gasteiger partial charge in [-0.2, -0.15) is 13.2 Å². The second-order valence-electron chi connectivity index (χ2n) is 5.49. The van der Waals surface area contributed by atoms with Crippen LogP contribution in [0.25, 0.3) is 11.4 Å². The van der Waals surface area contributed by atoms with Gasteiger partial charge in [0.05, 0.1) is 0 Å². The zero-order chi connectivity index (χ0) is 16.4. The van der Waals surface area contributed by atoms with Gasteiger partial charge in [0.2, 0.25) is 0 Å². The molecule has 7 heteroatoms. The normalized spacial score (nSPS) is 17.0. The Morgan fingerprint density at radius 3 is 2.83 bits per heavy atom. The molecule has 1 atom stereocenters. The fraction of sp³-hybridized carbons (Fsp3) is 0.375. The van der Waals surface area contributed by atoms with Gasteiger partial charge < -0.3 is 10.5 Å². The Balaban J connectivity index is 1.80. The highest BCUT2D eigenvalue weighted by Gasteiger charge is 2.27. The van der Waals surface area contributed by atoms with Gasteiger partial charge in [0, 0.05) is 36.8 Å². The van der Waals surface area contributed by atoms with E-state index in [9.17, 15) is 13.2 Å². The molecule has 3 rings (SSSR count). The number of halogens is 3. The Labute approximate surface area is 131 Å². The summed E-state index contributed by atoms with van der Waals surface area (Å²) >= 11 is 0. The number of hydrogen-bond donors (Lipinski definition) is 1. The van der Waals surface area contributed by atoms with Crippen molar-refractivity contribution in [3.63, 3.8) is 0 Å². The second-order valence-corrected chi connectivity index (χ2v) is 5.49. The van der Waals surface area contributed by atoms with E-state index in [1.54, 1.807) is 6.07 Å². The first-order valence-corrected chi connectivity index (χ1v) is 7.33. The number of alkyl halides is 3. The summed E-state index contributed by atoms with van der Waals surface area (Å²) in [4.78, 5) is 8.39. The van der Waals surface area contributed by atoms with Crippen LogP contribution in [-0.4, -0.2) is 28.8 Å². The summed E-state index contributed by atoms with van der Waals surface area (Å²) in [6.45, 7) is 0.438. The van der Waals surface area contributed by atoms with Gasteiger partial charge in [-0.05, 0) is 36.2 Å². The molecule has 2 aromatic rings. The Hall–Kier alpha value is -2.15. The van der Waals surface area contributed by atoms with E-state index in [1.165, 1.54) is 12.3 Å². The quantitative estimate of drug-likeness (QED) is 0.940. The molecule has 1 aliphatic rings. The third-order valence-corrected chi connectivity index (χ3v) is 3.70. The lowest BCUT2D eigenvalue weighted by Crippen LogP contribution is -2.24. The van der Waals surface area contributed by atoms with Crippen LogP contribution in [0.15, 0.2) is 30.5 Å². The van der Waals surface area contributed by atoms with E-state index >= 15 is 0 Å². The minimum Gasteiger partial charge on any atom is -0.488 e. The number of benzene rings is 1. The second kappa shape index (κ2) is 6.16. The van der Waals surface area contributed by atoms with Crippen molar-refractivity contribution in [1.29, 1.82) is 0 Å². The number of nitrogens with zero attached hydrogens (tertiary/aromatic N) is 2. The summed E-state index contributed by atoms with van der Waals surface area (Å²) in [5, 5.41) is 0. The average molecular weight is 323 g/mol. The molecular weight excluding hydrogens is 307 g/mol. The first-order chi connectivity index (χ1) is 10.9. The van der Waals surface area contributed by atoms with Gasteiger partial charge in [-0.1, -0.05) is 0 Å². The third-order valence-electron chi connectivity index (χ3n) is 3.70. The van der Waals surface area contributed by atoms with E-state index in [2.05, 4.69) is 9.97 Å². The fourth-order valence-corrected chi connectivity index (χ4v) is 2.54. The summed E-state index contributed by atoms with van der Waals surface area (Å²) in [5.41, 5.74) is 7.77. The van der Waals surface area contributed by atoms with Crippen molar-refractivity contribution < 1.29 is 17.9 Å². The summed E-state index contributed by atoms with van der Waals surface area (Å²) in [7, 11) is 0. The molecule has 2 heterocycles. The van der Waals surface area contributed by atoms with Crippen molar-refractivity contribution in [3.8, 4) is 17.1 Å². The zero-order valence-corrected chi connectivity index (χ0v) is 12.3. The Bertz CT molecular complexity index is 703. The van der Waals surface area contributed by atoms with Gasteiger partial charge in [-0.25, -0.2) is 9.97 Å². The van der Waals surface area contributed by atoms with Crippen molar-refractivity contribution >= 4 is 0 Å². The highest BCUT2D eigenvalue weighted by Crippen LogP contribution is 2.32. The summed E-state index contributed by atoms with van der Waals surface area (Å²) < 4.78 is 42.6. The van der Waals surface area contributed by atoms with Gasteiger partial charge in [0.1, 0.15) is 11.9 Å². The van der Waals surface area contributed by atoms with Crippen LogP contribution >= 0.6 is 0 Å². The third kappa shape index (κ3) is 3.79. The first-order valence-electron chi connectivity index (χ1n) is 7.33. The minimum atomic E-state index is -4.19. The van der Waals surface area contributed by atoms with E-state index in [-0.39, 0.29) is 12.5 Å². The van der Waals surface area contributed by atoms with Crippen molar-refractivity contribution in [2.24, 2.45) is 5.73 Å². The number of hydrogen-bond acceptors (Lipinski definition) is 4.